The molecule has 18 nitrogen and oxygen atoms in total. The van der Waals surface area contributed by atoms with Gasteiger partial charge in [-0.3, -0.25) is 19.2 Å². The number of thiazole rings is 2. The fourth-order valence-corrected chi connectivity index (χ4v) is 14.0. The third-order valence-corrected chi connectivity index (χ3v) is 20.2. The lowest BCUT2D eigenvalue weighted by molar-refractivity contribution is -0.687. The third-order valence-electron chi connectivity index (χ3n) is 18.2. The fourth-order valence-electron chi connectivity index (χ4n) is 12.4. The summed E-state index contributed by atoms with van der Waals surface area (Å²) in [5.41, 5.74) is 6.92. The lowest BCUT2D eigenvalue weighted by Gasteiger charge is -2.42. The monoisotopic (exact) mass is 1220 g/mol. The third kappa shape index (κ3) is 18.0. The van der Waals surface area contributed by atoms with Crippen LogP contribution in [-0.2, 0) is 79.8 Å². The summed E-state index contributed by atoms with van der Waals surface area (Å²) >= 11 is 3.06. The largest absolute Gasteiger partial charge is 0.460 e. The molecule has 2 aromatic rings. The molecule has 0 unspecified atom stereocenters. The zero-order valence-electron chi connectivity index (χ0n) is 52.6. The first-order chi connectivity index (χ1) is 40.3. The second kappa shape index (κ2) is 31.7. The molecule has 4 aliphatic rings. The molecule has 3 fully saturated rings. The van der Waals surface area contributed by atoms with Crippen molar-refractivity contribution in [2.45, 2.75) is 221 Å². The second-order valence-corrected chi connectivity index (χ2v) is 26.6. The first-order valence-electron chi connectivity index (χ1n) is 30.4. The number of ketones is 3. The average molecular weight is 1220 g/mol. The predicted molar refractivity (Wildman–Crippen MR) is 321 cm³/mol. The number of esters is 3. The van der Waals surface area contributed by atoms with Crippen molar-refractivity contribution in [1.82, 2.24) is 4.90 Å². The van der Waals surface area contributed by atoms with Crippen molar-refractivity contribution in [2.24, 2.45) is 35.5 Å². The number of methoxy groups -OCH3 is 3. The van der Waals surface area contributed by atoms with Crippen molar-refractivity contribution in [1.29, 1.82) is 0 Å². The number of allylic oxidation sites excluding steroid dienone is 6. The molecule has 3 aliphatic heterocycles. The molecule has 470 valence electrons. The van der Waals surface area contributed by atoms with Crippen LogP contribution in [0.2, 0.25) is 0 Å². The Morgan fingerprint density at radius 2 is 1.41 bits per heavy atom. The van der Waals surface area contributed by atoms with E-state index in [1.807, 2.05) is 101 Å². The van der Waals surface area contributed by atoms with Gasteiger partial charge in [0.2, 0.25) is 29.9 Å². The number of ether oxygens (including phenoxy) is 7. The molecule has 85 heavy (non-hydrogen) atoms. The number of aryl methyl sites for hydroxylation is 2. The summed E-state index contributed by atoms with van der Waals surface area (Å²) in [4.78, 5) is 104. The van der Waals surface area contributed by atoms with Gasteiger partial charge in [-0.1, -0.05) is 93.7 Å². The summed E-state index contributed by atoms with van der Waals surface area (Å²) in [5.74, 6) is -9.61. The van der Waals surface area contributed by atoms with Gasteiger partial charge in [-0.2, -0.15) is 9.13 Å². The SMILES string of the molecule is CO[C@H]1C[C@@H]2CC[C@@H](C)[C@@](O)(O2)C(=O)C(=O)N2CCCC[C@H]2C(=O)O[C@H]([C@H](C)C[C@@H]2CC[C@@H](OC(=O)C[n+]3csc(C)c3C)[C@H](OC)C2)CC(=O)[C@H](C)/C=C(\C)[C@@H](OC(=O)C[n+]2csc(C)c2C)[C@@H](OC)C(=O)[C@H](C)C[C@H](C)/C=C/C=CC=C1C. The number of hydrogen-bond acceptors (Lipinski definition) is 17. The number of aliphatic hydroxyl groups is 1. The molecule has 0 spiro atoms. The lowest BCUT2D eigenvalue weighted by Crippen LogP contribution is -2.61. The van der Waals surface area contributed by atoms with Crippen LogP contribution in [0.25, 0.3) is 0 Å². The van der Waals surface area contributed by atoms with Crippen LogP contribution in [0.4, 0.5) is 0 Å². The Morgan fingerprint density at radius 1 is 0.753 bits per heavy atom. The Kier molecular flexibility index (Phi) is 25.7. The number of piperidine rings is 1. The number of Topliss-reactive ketones (excluding diaryl/α,β-unsaturated/α-hetero) is 3. The predicted octanol–water partition coefficient (Wildman–Crippen LogP) is 8.61. The number of aromatic nitrogens is 2. The highest BCUT2D eigenvalue weighted by molar-refractivity contribution is 7.09. The summed E-state index contributed by atoms with van der Waals surface area (Å²) in [6.45, 7) is 20.6. The zero-order chi connectivity index (χ0) is 62.4. The maximum absolute atomic E-state index is 14.8. The van der Waals surface area contributed by atoms with Gasteiger partial charge in [-0.25, -0.2) is 14.4 Å². The summed E-state index contributed by atoms with van der Waals surface area (Å²) in [5, 5.41) is 12.1. The summed E-state index contributed by atoms with van der Waals surface area (Å²) in [6, 6.07) is -1.20. The van der Waals surface area contributed by atoms with Gasteiger partial charge in [-0.05, 0) is 121 Å². The van der Waals surface area contributed by atoms with Gasteiger partial charge in [0.25, 0.3) is 11.7 Å². The van der Waals surface area contributed by atoms with E-state index in [-0.39, 0.29) is 68.3 Å². The smallest absolute Gasteiger partial charge is 0.373 e. The van der Waals surface area contributed by atoms with Crippen molar-refractivity contribution in [3.05, 3.63) is 79.8 Å². The number of carbonyl (C=O) groups is 7. The Labute approximate surface area is 511 Å². The highest BCUT2D eigenvalue weighted by Gasteiger charge is 2.53. The number of amides is 1. The number of fused-ring (bicyclic) bond motifs is 3. The Bertz CT molecular complexity index is 2800. The fraction of sp³-hybridized carbons (Fsp3) is 0.677. The van der Waals surface area contributed by atoms with Crippen LogP contribution >= 0.6 is 22.7 Å². The lowest BCUT2D eigenvalue weighted by atomic mass is 9.78. The number of rotatable bonds is 12. The van der Waals surface area contributed by atoms with Crippen LogP contribution in [-0.4, -0.2) is 134 Å². The maximum Gasteiger partial charge on any atom is 0.373 e. The number of nitrogens with zero attached hydrogens (tertiary/aromatic N) is 3. The highest BCUT2D eigenvalue weighted by atomic mass is 32.1. The van der Waals surface area contributed by atoms with Crippen LogP contribution < -0.4 is 9.13 Å². The quantitative estimate of drug-likeness (QED) is 0.0692. The molecular weight excluding hydrogens is 1130 g/mol. The van der Waals surface area contributed by atoms with Gasteiger partial charge in [0.1, 0.15) is 24.0 Å². The molecule has 0 aromatic carbocycles. The summed E-state index contributed by atoms with van der Waals surface area (Å²) in [6.07, 6.45) is 10.6. The average Bonchev–Trinajstić information content (AvgIpc) is 3.98. The molecule has 1 amide bonds. The van der Waals surface area contributed by atoms with Gasteiger partial charge in [0.15, 0.2) is 29.4 Å². The van der Waals surface area contributed by atoms with E-state index in [0.717, 1.165) is 26.7 Å². The van der Waals surface area contributed by atoms with Gasteiger partial charge in [-0.15, -0.1) is 0 Å². The first-order valence-corrected chi connectivity index (χ1v) is 32.1. The van der Waals surface area contributed by atoms with Crippen LogP contribution in [0.3, 0.4) is 0 Å². The van der Waals surface area contributed by atoms with E-state index in [9.17, 15) is 38.7 Å². The number of cyclic esters (lactones) is 1. The molecular formula is C65H95N3O15S2+2. The van der Waals surface area contributed by atoms with E-state index in [2.05, 4.69) is 0 Å². The molecule has 1 aliphatic carbocycles. The second-order valence-electron chi connectivity index (χ2n) is 24.5. The molecule has 1 N–H and O–H groups in total. The standard InChI is InChI=1S/C65H95N3O15S2/c1-38-20-16-15-17-21-39(2)54(77-12)32-50-25-23-44(7)65(76,83-50)62(73)63(74)68-27-19-18-22-51(68)64(75)81-55(41(4)30-49-24-26-53(56(31-49)78-13)80-57(70)34-66-36-84-47(10)45(66)8)33-52(69)40(3)29-43(6)60(61(79-14)59(72)42(5)28-38)82-58(71)35-67-37-85-48(11)46(67)9/h15-17,20-21,29,36-38,40-42,44,49-51,53-56,60-61,76H,18-19,22-28,30-35H2,1-14H3/q+2/b17-15?,20-16+,39-21?,43-29+/t38-,40-,41-,42-,44-,49+,50+,51+,53-,54+,55+,56-,60-,61+,65-/m1/s1. The number of carbonyl (C=O) groups excluding carboxylic acids is 7. The van der Waals surface area contributed by atoms with Crippen molar-refractivity contribution in [3.8, 4) is 0 Å². The van der Waals surface area contributed by atoms with Crippen molar-refractivity contribution < 1.29 is 81.0 Å². The zero-order valence-corrected chi connectivity index (χ0v) is 54.3. The topological polar surface area (TPSA) is 215 Å². The van der Waals surface area contributed by atoms with Crippen LogP contribution in [0.1, 0.15) is 147 Å². The van der Waals surface area contributed by atoms with E-state index in [1.54, 1.807) is 57.0 Å². The van der Waals surface area contributed by atoms with Gasteiger partial charge in [0, 0.05) is 72.3 Å². The molecule has 5 heterocycles. The molecule has 20 heteroatoms. The van der Waals surface area contributed by atoms with E-state index < -0.39 is 102 Å². The summed E-state index contributed by atoms with van der Waals surface area (Å²) in [7, 11) is 4.57. The normalized spacial score (nSPS) is 32.6. The molecule has 15 atom stereocenters. The molecule has 2 aromatic heterocycles. The Morgan fingerprint density at radius 3 is 2.02 bits per heavy atom. The minimum absolute atomic E-state index is 0.0118. The molecule has 2 saturated heterocycles. The van der Waals surface area contributed by atoms with Crippen molar-refractivity contribution in [3.63, 3.8) is 0 Å². The van der Waals surface area contributed by atoms with Crippen LogP contribution in [0.5, 0.6) is 0 Å². The minimum Gasteiger partial charge on any atom is -0.460 e. The van der Waals surface area contributed by atoms with Crippen LogP contribution in [0, 0.1) is 63.2 Å². The molecule has 2 bridgehead atoms. The van der Waals surface area contributed by atoms with Crippen molar-refractivity contribution >= 4 is 63.8 Å². The highest BCUT2D eigenvalue weighted by Crippen LogP contribution is 2.38. The molecule has 6 rings (SSSR count). The van der Waals surface area contributed by atoms with Gasteiger partial charge in [0.05, 0.1) is 28.1 Å². The van der Waals surface area contributed by atoms with E-state index >= 15 is 0 Å². The van der Waals surface area contributed by atoms with Crippen LogP contribution in [0.15, 0.2) is 58.6 Å². The van der Waals surface area contributed by atoms with Crippen molar-refractivity contribution in [2.75, 3.05) is 27.9 Å². The molecule has 0 radical (unpaired) electrons. The van der Waals surface area contributed by atoms with E-state index in [0.29, 0.717) is 63.4 Å². The summed E-state index contributed by atoms with van der Waals surface area (Å²) < 4.78 is 46.4. The molecule has 1 saturated carbocycles. The Hall–Kier alpha value is -5.09. The van der Waals surface area contributed by atoms with Gasteiger partial charge >= 0.3 is 17.9 Å². The van der Waals surface area contributed by atoms with E-state index in [4.69, 9.17) is 33.2 Å². The maximum atomic E-state index is 14.8. The Balaban J connectivity index is 1.33. The van der Waals surface area contributed by atoms with E-state index in [1.165, 1.54) is 23.3 Å². The number of hydrogen-bond donors (Lipinski definition) is 1. The minimum atomic E-state index is -2.47. The van der Waals surface area contributed by atoms with Gasteiger partial charge < -0.3 is 43.2 Å². The first kappa shape index (κ1) is 69.0.